The van der Waals surface area contributed by atoms with Crippen molar-refractivity contribution in [3.05, 3.63) is 0 Å². The van der Waals surface area contributed by atoms with E-state index in [1.54, 1.807) is 6.92 Å². The number of hydrogen-bond donors (Lipinski definition) is 2. The molecular weight excluding hydrogens is 192 g/mol. The monoisotopic (exact) mass is 214 g/mol. The number of nitrogens with zero attached hydrogens (tertiary/aromatic N) is 1. The molecule has 1 saturated carbocycles. The van der Waals surface area contributed by atoms with Gasteiger partial charge in [0, 0.05) is 13.1 Å². The van der Waals surface area contributed by atoms with Crippen molar-refractivity contribution in [2.24, 2.45) is 0 Å². The Morgan fingerprint density at radius 2 is 2.27 bits per heavy atom. The molecule has 2 N–H and O–H groups in total. The molecular formula is C11H22N2O2. The van der Waals surface area contributed by atoms with E-state index in [2.05, 4.69) is 5.32 Å². The number of likely N-dealkylation sites (N-methyl/N-ethyl adjacent to an activating group) is 1. The lowest BCUT2D eigenvalue weighted by Crippen LogP contribution is -2.37. The summed E-state index contributed by atoms with van der Waals surface area (Å²) in [5.41, 5.74) is 0. The Kier molecular flexibility index (Phi) is 5.05. The fraction of sp³-hybridized carbons (Fsp3) is 0.909. The predicted octanol–water partition coefficient (Wildman–Crippen LogP) is 0.358. The zero-order valence-corrected chi connectivity index (χ0v) is 9.70. The van der Waals surface area contributed by atoms with Gasteiger partial charge in [0.25, 0.3) is 0 Å². The summed E-state index contributed by atoms with van der Waals surface area (Å²) in [4.78, 5) is 13.4. The number of aliphatic hydroxyl groups excluding tert-OH is 1. The fourth-order valence-electron chi connectivity index (χ4n) is 1.51. The quantitative estimate of drug-likeness (QED) is 0.602. The second kappa shape index (κ2) is 6.08. The Balaban J connectivity index is 1.96. The molecule has 0 aliphatic heterocycles. The predicted molar refractivity (Wildman–Crippen MR) is 59.6 cm³/mol. The van der Waals surface area contributed by atoms with Crippen LogP contribution in [0.4, 0.5) is 0 Å². The molecule has 1 unspecified atom stereocenters. The van der Waals surface area contributed by atoms with Crippen molar-refractivity contribution >= 4 is 5.91 Å². The minimum atomic E-state index is -0.239. The van der Waals surface area contributed by atoms with Gasteiger partial charge in [-0.3, -0.25) is 4.79 Å². The number of carbonyl (C=O) groups excluding carboxylic acids is 1. The molecule has 0 saturated heterocycles. The van der Waals surface area contributed by atoms with Crippen LogP contribution >= 0.6 is 0 Å². The first-order valence-electron chi connectivity index (χ1n) is 5.75. The summed E-state index contributed by atoms with van der Waals surface area (Å²) >= 11 is 0. The van der Waals surface area contributed by atoms with Crippen LogP contribution in [0.5, 0.6) is 0 Å². The van der Waals surface area contributed by atoms with Crippen molar-refractivity contribution in [3.63, 3.8) is 0 Å². The first-order chi connectivity index (χ1) is 7.11. The third kappa shape index (κ3) is 5.14. The number of nitrogens with one attached hydrogen (secondary N) is 1. The molecule has 0 aromatic rings. The van der Waals surface area contributed by atoms with E-state index in [0.29, 0.717) is 12.6 Å². The normalized spacial score (nSPS) is 17.5. The topological polar surface area (TPSA) is 52.6 Å². The average molecular weight is 214 g/mol. The summed E-state index contributed by atoms with van der Waals surface area (Å²) in [7, 11) is 1.87. The molecule has 1 rings (SSSR count). The number of amides is 1. The van der Waals surface area contributed by atoms with Gasteiger partial charge in [0.15, 0.2) is 0 Å². The molecule has 88 valence electrons. The molecule has 0 radical (unpaired) electrons. The van der Waals surface area contributed by atoms with Crippen molar-refractivity contribution in [1.82, 2.24) is 10.2 Å². The largest absolute Gasteiger partial charge is 0.393 e. The second-order valence-corrected chi connectivity index (χ2v) is 4.40. The first kappa shape index (κ1) is 12.5. The maximum atomic E-state index is 11.5. The van der Waals surface area contributed by atoms with Crippen molar-refractivity contribution in [1.29, 1.82) is 0 Å². The molecule has 4 heteroatoms. The standard InChI is InChI=1S/C11H22N2O2/c1-9(14)4-3-7-12-8-11(15)13(2)10-5-6-10/h9-10,12,14H,3-8H2,1-2H3. The van der Waals surface area contributed by atoms with E-state index in [4.69, 9.17) is 5.11 Å². The van der Waals surface area contributed by atoms with Gasteiger partial charge >= 0.3 is 0 Å². The van der Waals surface area contributed by atoms with Crippen LogP contribution in [0.3, 0.4) is 0 Å². The van der Waals surface area contributed by atoms with E-state index in [1.165, 1.54) is 0 Å². The van der Waals surface area contributed by atoms with Gasteiger partial charge in [-0.2, -0.15) is 0 Å². The molecule has 0 heterocycles. The summed E-state index contributed by atoms with van der Waals surface area (Å²) in [6, 6.07) is 0.497. The number of rotatable bonds is 7. The molecule has 1 aliphatic rings. The SMILES string of the molecule is CC(O)CCCNCC(=O)N(C)C1CC1. The zero-order valence-electron chi connectivity index (χ0n) is 9.70. The van der Waals surface area contributed by atoms with E-state index in [-0.39, 0.29) is 12.0 Å². The van der Waals surface area contributed by atoms with Crippen LogP contribution in [0.25, 0.3) is 0 Å². The summed E-state index contributed by atoms with van der Waals surface area (Å²) in [6.07, 6.45) is 3.78. The van der Waals surface area contributed by atoms with Gasteiger partial charge in [-0.15, -0.1) is 0 Å². The summed E-state index contributed by atoms with van der Waals surface area (Å²) < 4.78 is 0. The van der Waals surface area contributed by atoms with E-state index >= 15 is 0 Å². The third-order valence-corrected chi connectivity index (χ3v) is 2.74. The maximum Gasteiger partial charge on any atom is 0.236 e. The Hall–Kier alpha value is -0.610. The van der Waals surface area contributed by atoms with Crippen molar-refractivity contribution in [3.8, 4) is 0 Å². The van der Waals surface area contributed by atoms with Gasteiger partial charge in [-0.1, -0.05) is 0 Å². The highest BCUT2D eigenvalue weighted by atomic mass is 16.3. The Bertz CT molecular complexity index is 203. The van der Waals surface area contributed by atoms with Crippen molar-refractivity contribution in [2.45, 2.75) is 44.8 Å². The van der Waals surface area contributed by atoms with Crippen molar-refractivity contribution in [2.75, 3.05) is 20.1 Å². The van der Waals surface area contributed by atoms with E-state index in [1.807, 2.05) is 11.9 Å². The van der Waals surface area contributed by atoms with Crippen LogP contribution in [-0.2, 0) is 4.79 Å². The number of carbonyl (C=O) groups is 1. The molecule has 0 aromatic carbocycles. The van der Waals surface area contributed by atoms with E-state index in [0.717, 1.165) is 32.2 Å². The van der Waals surface area contributed by atoms with Gasteiger partial charge in [0.1, 0.15) is 0 Å². The highest BCUT2D eigenvalue weighted by Gasteiger charge is 2.28. The lowest BCUT2D eigenvalue weighted by molar-refractivity contribution is -0.129. The van der Waals surface area contributed by atoms with Gasteiger partial charge in [0.05, 0.1) is 12.6 Å². The Labute approximate surface area is 91.6 Å². The van der Waals surface area contributed by atoms with Crippen LogP contribution in [0.15, 0.2) is 0 Å². The number of aliphatic hydroxyl groups is 1. The summed E-state index contributed by atoms with van der Waals surface area (Å²) in [5, 5.41) is 12.1. The summed E-state index contributed by atoms with van der Waals surface area (Å²) in [5.74, 6) is 0.176. The molecule has 1 amide bonds. The van der Waals surface area contributed by atoms with Crippen LogP contribution in [0, 0.1) is 0 Å². The Morgan fingerprint density at radius 3 is 2.80 bits per heavy atom. The van der Waals surface area contributed by atoms with E-state index < -0.39 is 0 Å². The molecule has 0 spiro atoms. The highest BCUT2D eigenvalue weighted by molar-refractivity contribution is 5.78. The van der Waals surface area contributed by atoms with Gasteiger partial charge in [0.2, 0.25) is 5.91 Å². The molecule has 1 fully saturated rings. The minimum absolute atomic E-state index is 0.176. The zero-order chi connectivity index (χ0) is 11.3. The second-order valence-electron chi connectivity index (χ2n) is 4.40. The molecule has 0 bridgehead atoms. The molecule has 15 heavy (non-hydrogen) atoms. The summed E-state index contributed by atoms with van der Waals surface area (Å²) in [6.45, 7) is 3.01. The van der Waals surface area contributed by atoms with E-state index in [9.17, 15) is 4.79 Å². The van der Waals surface area contributed by atoms with Crippen molar-refractivity contribution < 1.29 is 9.90 Å². The third-order valence-electron chi connectivity index (χ3n) is 2.74. The Morgan fingerprint density at radius 1 is 1.60 bits per heavy atom. The van der Waals surface area contributed by atoms with Crippen LogP contribution in [-0.4, -0.2) is 48.2 Å². The van der Waals surface area contributed by atoms with Gasteiger partial charge < -0.3 is 15.3 Å². The fourth-order valence-corrected chi connectivity index (χ4v) is 1.51. The minimum Gasteiger partial charge on any atom is -0.393 e. The van der Waals surface area contributed by atoms with Gasteiger partial charge in [-0.25, -0.2) is 0 Å². The smallest absolute Gasteiger partial charge is 0.236 e. The lowest BCUT2D eigenvalue weighted by atomic mass is 10.2. The molecule has 0 aromatic heterocycles. The molecule has 1 atom stereocenters. The first-order valence-corrected chi connectivity index (χ1v) is 5.75. The number of hydrogen-bond acceptors (Lipinski definition) is 3. The van der Waals surface area contributed by atoms with Gasteiger partial charge in [-0.05, 0) is 39.2 Å². The average Bonchev–Trinajstić information content (AvgIpc) is 2.98. The van der Waals surface area contributed by atoms with Crippen LogP contribution < -0.4 is 5.32 Å². The van der Waals surface area contributed by atoms with Crippen LogP contribution in [0.2, 0.25) is 0 Å². The van der Waals surface area contributed by atoms with Crippen LogP contribution in [0.1, 0.15) is 32.6 Å². The highest BCUT2D eigenvalue weighted by Crippen LogP contribution is 2.24. The molecule has 4 nitrogen and oxygen atoms in total. The molecule has 1 aliphatic carbocycles. The maximum absolute atomic E-state index is 11.5. The lowest BCUT2D eigenvalue weighted by Gasteiger charge is -2.16.